The number of amides is 1. The van der Waals surface area contributed by atoms with Gasteiger partial charge in [-0.15, -0.1) is 0 Å². The summed E-state index contributed by atoms with van der Waals surface area (Å²) in [5.41, 5.74) is 5.45. The predicted molar refractivity (Wildman–Crippen MR) is 76.9 cm³/mol. The van der Waals surface area contributed by atoms with Crippen molar-refractivity contribution in [3.8, 4) is 0 Å². The number of piperazine rings is 1. The third-order valence-electron chi connectivity index (χ3n) is 4.74. The number of nitrogens with zero attached hydrogens (tertiary/aromatic N) is 2. The topological polar surface area (TPSA) is 61.6 Å². The van der Waals surface area contributed by atoms with Crippen LogP contribution in [0.5, 0.6) is 0 Å². The van der Waals surface area contributed by atoms with Gasteiger partial charge in [0.25, 0.3) is 0 Å². The van der Waals surface area contributed by atoms with Gasteiger partial charge in [0.1, 0.15) is 0 Å². The highest BCUT2D eigenvalue weighted by Crippen LogP contribution is 2.29. The molecule has 110 valence electrons. The fourth-order valence-corrected chi connectivity index (χ4v) is 2.78. The van der Waals surface area contributed by atoms with Crippen LogP contribution in [-0.2, 0) is 4.79 Å². The van der Waals surface area contributed by atoms with Crippen molar-refractivity contribution < 1.29 is 4.79 Å². The molecule has 0 aromatic carbocycles. The molecular weight excluding hydrogens is 240 g/mol. The van der Waals surface area contributed by atoms with Crippen LogP contribution in [0.3, 0.4) is 0 Å². The van der Waals surface area contributed by atoms with Gasteiger partial charge in [-0.1, -0.05) is 0 Å². The SMILES string of the molecule is CN1CCN(C(C)(C)CNC(=O)C2(N)CCC2)CC1. The van der Waals surface area contributed by atoms with Gasteiger partial charge in [-0.25, -0.2) is 0 Å². The van der Waals surface area contributed by atoms with E-state index in [1.54, 1.807) is 0 Å². The smallest absolute Gasteiger partial charge is 0.240 e. The Labute approximate surface area is 116 Å². The molecule has 5 heteroatoms. The Balaban J connectivity index is 1.82. The lowest BCUT2D eigenvalue weighted by Gasteiger charge is -2.44. The number of likely N-dealkylation sites (N-methyl/N-ethyl adjacent to an activating group) is 1. The largest absolute Gasteiger partial charge is 0.353 e. The van der Waals surface area contributed by atoms with Crippen LogP contribution < -0.4 is 11.1 Å². The normalized spacial score (nSPS) is 24.8. The summed E-state index contributed by atoms with van der Waals surface area (Å²) in [6.45, 7) is 9.39. The molecule has 19 heavy (non-hydrogen) atoms. The first-order valence-electron chi connectivity index (χ1n) is 7.34. The zero-order chi connectivity index (χ0) is 14.1. The second-order valence-electron chi connectivity index (χ2n) is 6.80. The standard InChI is InChI=1S/C14H28N4O/c1-13(2,18-9-7-17(3)8-10-18)11-16-12(19)14(15)5-4-6-14/h4-11,15H2,1-3H3,(H,16,19). The third-order valence-corrected chi connectivity index (χ3v) is 4.74. The Morgan fingerprint density at radius 2 is 1.84 bits per heavy atom. The van der Waals surface area contributed by atoms with Crippen molar-refractivity contribution in [2.24, 2.45) is 5.73 Å². The highest BCUT2D eigenvalue weighted by Gasteiger charge is 2.41. The molecule has 1 heterocycles. The molecule has 2 rings (SSSR count). The van der Waals surface area contributed by atoms with Gasteiger partial charge in [-0.3, -0.25) is 9.69 Å². The van der Waals surface area contributed by atoms with Gasteiger partial charge in [0.2, 0.25) is 5.91 Å². The van der Waals surface area contributed by atoms with E-state index < -0.39 is 5.54 Å². The van der Waals surface area contributed by atoms with Gasteiger partial charge in [-0.05, 0) is 40.2 Å². The lowest BCUT2D eigenvalue weighted by molar-refractivity contribution is -0.129. The summed E-state index contributed by atoms with van der Waals surface area (Å²) in [4.78, 5) is 16.9. The first-order valence-corrected chi connectivity index (χ1v) is 7.34. The van der Waals surface area contributed by atoms with Crippen LogP contribution in [0.15, 0.2) is 0 Å². The van der Waals surface area contributed by atoms with E-state index in [4.69, 9.17) is 5.73 Å². The molecule has 1 aliphatic carbocycles. The quantitative estimate of drug-likeness (QED) is 0.754. The number of nitrogens with two attached hydrogens (primary N) is 1. The van der Waals surface area contributed by atoms with E-state index in [2.05, 4.69) is 36.0 Å². The van der Waals surface area contributed by atoms with E-state index in [1.165, 1.54) is 0 Å². The van der Waals surface area contributed by atoms with Gasteiger partial charge < -0.3 is 16.0 Å². The second-order valence-corrected chi connectivity index (χ2v) is 6.80. The number of hydrogen-bond acceptors (Lipinski definition) is 4. The van der Waals surface area contributed by atoms with Crippen LogP contribution in [0.4, 0.5) is 0 Å². The van der Waals surface area contributed by atoms with Crippen molar-refractivity contribution in [1.82, 2.24) is 15.1 Å². The number of nitrogens with one attached hydrogen (secondary N) is 1. The minimum atomic E-state index is -0.585. The molecule has 0 spiro atoms. The molecule has 0 aromatic rings. The van der Waals surface area contributed by atoms with E-state index in [0.717, 1.165) is 45.4 Å². The van der Waals surface area contributed by atoms with Gasteiger partial charge in [0, 0.05) is 38.3 Å². The highest BCUT2D eigenvalue weighted by atomic mass is 16.2. The molecule has 5 nitrogen and oxygen atoms in total. The van der Waals surface area contributed by atoms with Crippen LogP contribution in [0.2, 0.25) is 0 Å². The molecule has 1 saturated heterocycles. The summed E-state index contributed by atoms with van der Waals surface area (Å²) in [5.74, 6) is 0.0287. The lowest BCUT2D eigenvalue weighted by Crippen LogP contribution is -2.62. The fraction of sp³-hybridized carbons (Fsp3) is 0.929. The highest BCUT2D eigenvalue weighted by molar-refractivity contribution is 5.87. The molecule has 0 aromatic heterocycles. The van der Waals surface area contributed by atoms with Crippen molar-refractivity contribution in [3.63, 3.8) is 0 Å². The predicted octanol–water partition coefficient (Wildman–Crippen LogP) is 0.0100. The third kappa shape index (κ3) is 3.27. The molecule has 0 unspecified atom stereocenters. The molecule has 1 amide bonds. The van der Waals surface area contributed by atoms with Crippen molar-refractivity contribution in [2.75, 3.05) is 39.8 Å². The molecule has 3 N–H and O–H groups in total. The van der Waals surface area contributed by atoms with Crippen molar-refractivity contribution in [1.29, 1.82) is 0 Å². The van der Waals surface area contributed by atoms with Crippen LogP contribution in [0.25, 0.3) is 0 Å². The number of hydrogen-bond donors (Lipinski definition) is 2. The molecule has 1 saturated carbocycles. The summed E-state index contributed by atoms with van der Waals surface area (Å²) >= 11 is 0. The van der Waals surface area contributed by atoms with Crippen LogP contribution in [-0.4, -0.2) is 66.6 Å². The maximum Gasteiger partial charge on any atom is 0.240 e. The Morgan fingerprint density at radius 3 is 2.32 bits per heavy atom. The van der Waals surface area contributed by atoms with Crippen molar-refractivity contribution >= 4 is 5.91 Å². The van der Waals surface area contributed by atoms with Crippen molar-refractivity contribution in [2.45, 2.75) is 44.2 Å². The lowest BCUT2D eigenvalue weighted by atomic mass is 9.77. The molecule has 0 bridgehead atoms. The Hall–Kier alpha value is -0.650. The van der Waals surface area contributed by atoms with Crippen LogP contribution >= 0.6 is 0 Å². The van der Waals surface area contributed by atoms with E-state index in [0.29, 0.717) is 6.54 Å². The monoisotopic (exact) mass is 268 g/mol. The van der Waals surface area contributed by atoms with Crippen molar-refractivity contribution in [3.05, 3.63) is 0 Å². The first-order chi connectivity index (χ1) is 8.83. The number of carbonyl (C=O) groups is 1. The average molecular weight is 268 g/mol. The Bertz CT molecular complexity index is 330. The van der Waals surface area contributed by atoms with E-state index in [-0.39, 0.29) is 11.4 Å². The number of carbonyl (C=O) groups excluding carboxylic acids is 1. The summed E-state index contributed by atoms with van der Waals surface area (Å²) in [5, 5.41) is 3.05. The minimum absolute atomic E-state index is 0.00295. The zero-order valence-corrected chi connectivity index (χ0v) is 12.5. The molecule has 0 atom stereocenters. The average Bonchev–Trinajstić information content (AvgIpc) is 2.33. The van der Waals surface area contributed by atoms with Crippen LogP contribution in [0.1, 0.15) is 33.1 Å². The minimum Gasteiger partial charge on any atom is -0.353 e. The fourth-order valence-electron chi connectivity index (χ4n) is 2.78. The molecule has 0 radical (unpaired) electrons. The van der Waals surface area contributed by atoms with Gasteiger partial charge in [0.15, 0.2) is 0 Å². The van der Waals surface area contributed by atoms with E-state index in [9.17, 15) is 4.79 Å². The summed E-state index contributed by atoms with van der Waals surface area (Å²) in [6.07, 6.45) is 2.73. The van der Waals surface area contributed by atoms with E-state index in [1.807, 2.05) is 0 Å². The van der Waals surface area contributed by atoms with Gasteiger partial charge in [-0.2, -0.15) is 0 Å². The molecule has 2 aliphatic rings. The maximum atomic E-state index is 12.1. The first kappa shape index (κ1) is 14.8. The second kappa shape index (κ2) is 5.38. The maximum absolute atomic E-state index is 12.1. The molecule has 2 fully saturated rings. The molecular formula is C14H28N4O. The summed E-state index contributed by atoms with van der Waals surface area (Å²) < 4.78 is 0. The van der Waals surface area contributed by atoms with Gasteiger partial charge >= 0.3 is 0 Å². The zero-order valence-electron chi connectivity index (χ0n) is 12.5. The van der Waals surface area contributed by atoms with Gasteiger partial charge in [0.05, 0.1) is 5.54 Å². The number of rotatable bonds is 4. The Morgan fingerprint density at radius 1 is 1.26 bits per heavy atom. The summed E-state index contributed by atoms with van der Waals surface area (Å²) in [6, 6.07) is 0. The Kier molecular flexibility index (Phi) is 4.18. The summed E-state index contributed by atoms with van der Waals surface area (Å²) in [7, 11) is 2.15. The van der Waals surface area contributed by atoms with E-state index >= 15 is 0 Å². The molecule has 1 aliphatic heterocycles. The van der Waals surface area contributed by atoms with Crippen LogP contribution in [0, 0.1) is 0 Å².